The van der Waals surface area contributed by atoms with Gasteiger partial charge in [-0.05, 0) is 71.9 Å². The molecule has 1 saturated carbocycles. The second-order valence-corrected chi connectivity index (χ2v) is 7.53. The predicted octanol–water partition coefficient (Wildman–Crippen LogP) is 2.52. The topological polar surface area (TPSA) is 58.4 Å². The van der Waals surface area contributed by atoms with E-state index in [-0.39, 0.29) is 5.91 Å². The monoisotopic (exact) mass is 297 g/mol. The molecule has 2 atom stereocenters. The smallest absolute Gasteiger partial charge is 0.237 e. The molecule has 0 saturated heterocycles. The van der Waals surface area contributed by atoms with Crippen LogP contribution in [0.4, 0.5) is 0 Å². The number of primary amides is 1. The third kappa shape index (κ3) is 6.79. The molecule has 124 valence electrons. The third-order valence-corrected chi connectivity index (χ3v) is 4.65. The van der Waals surface area contributed by atoms with Gasteiger partial charge in [-0.15, -0.1) is 0 Å². The van der Waals surface area contributed by atoms with E-state index >= 15 is 0 Å². The molecular weight excluding hydrogens is 262 g/mol. The minimum atomic E-state index is -0.525. The first kappa shape index (κ1) is 18.4. The fraction of sp³-hybridized carbons (Fsp3) is 0.941. The summed E-state index contributed by atoms with van der Waals surface area (Å²) in [6, 6.07) is 1.13. The first-order valence-electron chi connectivity index (χ1n) is 8.52. The quantitative estimate of drug-likeness (QED) is 0.576. The van der Waals surface area contributed by atoms with Crippen molar-refractivity contribution in [3.05, 3.63) is 0 Å². The van der Waals surface area contributed by atoms with Crippen molar-refractivity contribution in [3.63, 3.8) is 0 Å². The van der Waals surface area contributed by atoms with E-state index in [9.17, 15) is 4.79 Å². The number of rotatable bonds is 11. The Hall–Kier alpha value is -0.610. The third-order valence-electron chi connectivity index (χ3n) is 4.65. The van der Waals surface area contributed by atoms with Crippen LogP contribution in [0.2, 0.25) is 0 Å². The molecule has 1 aliphatic carbocycles. The number of carbonyl (C=O) groups is 1. The van der Waals surface area contributed by atoms with Crippen molar-refractivity contribution < 1.29 is 4.79 Å². The Balaban J connectivity index is 2.26. The number of hydrogen-bond donors (Lipinski definition) is 2. The molecule has 1 amide bonds. The van der Waals surface area contributed by atoms with E-state index in [1.54, 1.807) is 0 Å². The van der Waals surface area contributed by atoms with Crippen LogP contribution in [0.3, 0.4) is 0 Å². The number of carbonyl (C=O) groups excluding carboxylic acids is 1. The molecule has 1 rings (SSSR count). The van der Waals surface area contributed by atoms with Gasteiger partial charge in [-0.3, -0.25) is 4.79 Å². The van der Waals surface area contributed by atoms with Gasteiger partial charge in [0.05, 0.1) is 5.54 Å². The Labute approximate surface area is 130 Å². The Bertz CT molecular complexity index is 328. The van der Waals surface area contributed by atoms with Crippen LogP contribution in [-0.4, -0.2) is 42.0 Å². The number of nitrogens with two attached hydrogens (primary N) is 1. The Morgan fingerprint density at radius 1 is 1.33 bits per heavy atom. The highest BCUT2D eigenvalue weighted by atomic mass is 16.1. The van der Waals surface area contributed by atoms with E-state index in [0.29, 0.717) is 12.1 Å². The second kappa shape index (κ2) is 8.14. The van der Waals surface area contributed by atoms with Gasteiger partial charge in [0.1, 0.15) is 0 Å². The number of hydrogen-bond acceptors (Lipinski definition) is 3. The van der Waals surface area contributed by atoms with Crippen LogP contribution in [0, 0.1) is 5.92 Å². The van der Waals surface area contributed by atoms with Crippen molar-refractivity contribution >= 4 is 5.91 Å². The van der Waals surface area contributed by atoms with E-state index < -0.39 is 5.54 Å². The standard InChI is InChI=1S/C17H35N3O/c1-13(2)12-14(3)20(5)11-7-6-10-17(4,16(18)21)19-15-8-9-15/h13-15,19H,6-12H2,1-5H3,(H2,18,21). The summed E-state index contributed by atoms with van der Waals surface area (Å²) in [5.74, 6) is 0.527. The van der Waals surface area contributed by atoms with Crippen LogP contribution in [-0.2, 0) is 4.79 Å². The lowest BCUT2D eigenvalue weighted by molar-refractivity contribution is -0.124. The summed E-state index contributed by atoms with van der Waals surface area (Å²) in [5.41, 5.74) is 5.06. The zero-order valence-corrected chi connectivity index (χ0v) is 14.6. The predicted molar refractivity (Wildman–Crippen MR) is 89.2 cm³/mol. The molecule has 0 aromatic carbocycles. The van der Waals surface area contributed by atoms with Crippen LogP contribution in [0.15, 0.2) is 0 Å². The SMILES string of the molecule is CC(C)CC(C)N(C)CCCCC(C)(NC1CC1)C(N)=O. The Morgan fingerprint density at radius 2 is 1.95 bits per heavy atom. The molecule has 1 fully saturated rings. The van der Waals surface area contributed by atoms with Gasteiger partial charge >= 0.3 is 0 Å². The summed E-state index contributed by atoms with van der Waals surface area (Å²) in [6.45, 7) is 9.88. The molecule has 0 spiro atoms. The average molecular weight is 297 g/mol. The summed E-state index contributed by atoms with van der Waals surface area (Å²) in [7, 11) is 2.20. The summed E-state index contributed by atoms with van der Waals surface area (Å²) < 4.78 is 0. The van der Waals surface area contributed by atoms with Crippen molar-refractivity contribution in [1.82, 2.24) is 10.2 Å². The lowest BCUT2D eigenvalue weighted by Crippen LogP contribution is -2.54. The fourth-order valence-electron chi connectivity index (χ4n) is 2.87. The first-order chi connectivity index (χ1) is 9.74. The van der Waals surface area contributed by atoms with E-state index in [4.69, 9.17) is 5.73 Å². The summed E-state index contributed by atoms with van der Waals surface area (Å²) in [5, 5.41) is 3.42. The van der Waals surface area contributed by atoms with Crippen LogP contribution < -0.4 is 11.1 Å². The van der Waals surface area contributed by atoms with Crippen molar-refractivity contribution in [2.75, 3.05) is 13.6 Å². The molecule has 0 radical (unpaired) electrons. The molecule has 0 aliphatic heterocycles. The zero-order valence-electron chi connectivity index (χ0n) is 14.6. The maximum Gasteiger partial charge on any atom is 0.237 e. The van der Waals surface area contributed by atoms with Gasteiger partial charge in [-0.2, -0.15) is 0 Å². The highest BCUT2D eigenvalue weighted by Gasteiger charge is 2.36. The molecule has 21 heavy (non-hydrogen) atoms. The molecule has 4 heteroatoms. The van der Waals surface area contributed by atoms with E-state index in [1.807, 2.05) is 6.92 Å². The van der Waals surface area contributed by atoms with Gasteiger partial charge in [0.2, 0.25) is 5.91 Å². The van der Waals surface area contributed by atoms with Gasteiger partial charge in [0.25, 0.3) is 0 Å². The molecule has 2 unspecified atom stereocenters. The van der Waals surface area contributed by atoms with Gasteiger partial charge in [0.15, 0.2) is 0 Å². The number of nitrogens with one attached hydrogen (secondary N) is 1. The van der Waals surface area contributed by atoms with Crippen molar-refractivity contribution in [1.29, 1.82) is 0 Å². The maximum absolute atomic E-state index is 11.7. The number of nitrogens with zero attached hydrogens (tertiary/aromatic N) is 1. The molecule has 1 aliphatic rings. The highest BCUT2D eigenvalue weighted by Crippen LogP contribution is 2.25. The normalized spacial score (nSPS) is 19.8. The maximum atomic E-state index is 11.7. The minimum absolute atomic E-state index is 0.212. The Kier molecular flexibility index (Phi) is 7.14. The summed E-state index contributed by atoms with van der Waals surface area (Å²) in [4.78, 5) is 14.1. The van der Waals surface area contributed by atoms with E-state index in [0.717, 1.165) is 31.7 Å². The van der Waals surface area contributed by atoms with Gasteiger partial charge in [-0.1, -0.05) is 13.8 Å². The second-order valence-electron chi connectivity index (χ2n) is 7.53. The molecule has 0 aromatic heterocycles. The van der Waals surface area contributed by atoms with Crippen molar-refractivity contribution in [2.24, 2.45) is 11.7 Å². The fourth-order valence-corrected chi connectivity index (χ4v) is 2.87. The Morgan fingerprint density at radius 3 is 2.43 bits per heavy atom. The van der Waals surface area contributed by atoms with Gasteiger partial charge in [-0.25, -0.2) is 0 Å². The molecular formula is C17H35N3O. The molecule has 3 N–H and O–H groups in total. The van der Waals surface area contributed by atoms with E-state index in [1.165, 1.54) is 19.3 Å². The van der Waals surface area contributed by atoms with Crippen molar-refractivity contribution in [3.8, 4) is 0 Å². The largest absolute Gasteiger partial charge is 0.368 e. The van der Waals surface area contributed by atoms with Gasteiger partial charge in [0, 0.05) is 12.1 Å². The van der Waals surface area contributed by atoms with Crippen LogP contribution in [0.5, 0.6) is 0 Å². The molecule has 0 heterocycles. The minimum Gasteiger partial charge on any atom is -0.368 e. The number of unbranched alkanes of at least 4 members (excludes halogenated alkanes) is 1. The van der Waals surface area contributed by atoms with Crippen LogP contribution >= 0.6 is 0 Å². The summed E-state index contributed by atoms with van der Waals surface area (Å²) >= 11 is 0. The lowest BCUT2D eigenvalue weighted by Gasteiger charge is -2.29. The molecule has 0 aromatic rings. The van der Waals surface area contributed by atoms with Crippen molar-refractivity contribution in [2.45, 2.75) is 83.8 Å². The van der Waals surface area contributed by atoms with Gasteiger partial charge < -0.3 is 16.0 Å². The number of amides is 1. The van der Waals surface area contributed by atoms with Crippen LogP contribution in [0.25, 0.3) is 0 Å². The summed E-state index contributed by atoms with van der Waals surface area (Å²) in [6.07, 6.45) is 6.59. The highest BCUT2D eigenvalue weighted by molar-refractivity contribution is 5.84. The average Bonchev–Trinajstić information content (AvgIpc) is 3.17. The molecule has 0 bridgehead atoms. The lowest BCUT2D eigenvalue weighted by atomic mass is 9.93. The molecule has 4 nitrogen and oxygen atoms in total. The first-order valence-corrected chi connectivity index (χ1v) is 8.52. The van der Waals surface area contributed by atoms with Crippen LogP contribution in [0.1, 0.15) is 66.2 Å². The zero-order chi connectivity index (χ0) is 16.0. The van der Waals surface area contributed by atoms with E-state index in [2.05, 4.69) is 38.0 Å².